The van der Waals surface area contributed by atoms with Gasteiger partial charge in [0.1, 0.15) is 12.1 Å². The highest BCUT2D eigenvalue weighted by Crippen LogP contribution is 2.27. The van der Waals surface area contributed by atoms with E-state index in [0.29, 0.717) is 13.0 Å². The summed E-state index contributed by atoms with van der Waals surface area (Å²) in [4.78, 5) is 28.4. The molecule has 3 atom stereocenters. The average molecular weight is 478 g/mol. The standard InChI is InChI=1S/C25H31N7O3/c1-16(2)23(32-14-17(3)28-30-32)25(35)31-13-5-7-22(31)24(34)27-21(15-33)19-10-8-18(9-11-19)20-6-4-12-26-29-20/h4,6,8-12,14,16,21-23,33H,5,7,13,15H2,1-3H3,(H,27,34)/t21-,22-,23-/m0/s1. The van der Waals surface area contributed by atoms with Crippen molar-refractivity contribution in [1.82, 2.24) is 35.4 Å². The number of benzene rings is 1. The van der Waals surface area contributed by atoms with E-state index in [9.17, 15) is 14.7 Å². The number of hydrogen-bond acceptors (Lipinski definition) is 7. The van der Waals surface area contributed by atoms with Gasteiger partial charge in [-0.2, -0.15) is 10.2 Å². The molecule has 1 fully saturated rings. The Morgan fingerprint density at radius 3 is 2.54 bits per heavy atom. The largest absolute Gasteiger partial charge is 0.394 e. The van der Waals surface area contributed by atoms with Crippen molar-refractivity contribution in [2.24, 2.45) is 5.92 Å². The maximum absolute atomic E-state index is 13.5. The summed E-state index contributed by atoms with van der Waals surface area (Å²) < 4.78 is 1.59. The Bertz CT molecular complexity index is 1150. The molecule has 0 bridgehead atoms. The monoisotopic (exact) mass is 477 g/mol. The van der Waals surface area contributed by atoms with Gasteiger partial charge in [-0.15, -0.1) is 5.10 Å². The minimum Gasteiger partial charge on any atom is -0.394 e. The van der Waals surface area contributed by atoms with E-state index in [4.69, 9.17) is 0 Å². The summed E-state index contributed by atoms with van der Waals surface area (Å²) in [6.45, 7) is 5.98. The fourth-order valence-corrected chi connectivity index (χ4v) is 4.52. The van der Waals surface area contributed by atoms with Gasteiger partial charge in [-0.1, -0.05) is 43.3 Å². The van der Waals surface area contributed by atoms with E-state index in [1.54, 1.807) is 22.0 Å². The number of nitrogens with zero attached hydrogens (tertiary/aromatic N) is 6. The molecule has 2 amide bonds. The quantitative estimate of drug-likeness (QED) is 0.509. The van der Waals surface area contributed by atoms with Gasteiger partial charge in [-0.05, 0) is 43.4 Å². The average Bonchev–Trinajstić information content (AvgIpc) is 3.52. The fraction of sp³-hybridized carbons (Fsp3) is 0.440. The third kappa shape index (κ3) is 5.37. The number of nitrogens with one attached hydrogen (secondary N) is 1. The minimum atomic E-state index is -0.596. The van der Waals surface area contributed by atoms with Crippen LogP contribution >= 0.6 is 0 Å². The Kier molecular flexibility index (Phi) is 7.50. The molecule has 4 rings (SSSR count). The van der Waals surface area contributed by atoms with Crippen molar-refractivity contribution in [3.8, 4) is 11.3 Å². The maximum atomic E-state index is 13.5. The molecule has 184 valence electrons. The zero-order valence-corrected chi connectivity index (χ0v) is 20.2. The summed E-state index contributed by atoms with van der Waals surface area (Å²) in [7, 11) is 0. The number of aliphatic hydroxyl groups is 1. The van der Waals surface area contributed by atoms with E-state index < -0.39 is 18.1 Å². The Balaban J connectivity index is 1.47. The van der Waals surface area contributed by atoms with E-state index >= 15 is 0 Å². The van der Waals surface area contributed by atoms with E-state index in [2.05, 4.69) is 25.8 Å². The fourth-order valence-electron chi connectivity index (χ4n) is 4.52. The summed E-state index contributed by atoms with van der Waals surface area (Å²) in [6.07, 6.45) is 4.67. The highest BCUT2D eigenvalue weighted by atomic mass is 16.3. The lowest BCUT2D eigenvalue weighted by Crippen LogP contribution is -2.50. The van der Waals surface area contributed by atoms with Gasteiger partial charge in [0.15, 0.2) is 0 Å². The van der Waals surface area contributed by atoms with Crippen LogP contribution in [-0.2, 0) is 9.59 Å². The molecule has 0 unspecified atom stereocenters. The number of aliphatic hydroxyl groups excluding tert-OH is 1. The summed E-state index contributed by atoms with van der Waals surface area (Å²) in [5.41, 5.74) is 3.13. The predicted octanol–water partition coefficient (Wildman–Crippen LogP) is 2.08. The van der Waals surface area contributed by atoms with Crippen molar-refractivity contribution in [2.75, 3.05) is 13.2 Å². The van der Waals surface area contributed by atoms with Crippen molar-refractivity contribution in [2.45, 2.75) is 51.7 Å². The minimum absolute atomic E-state index is 0.0223. The lowest BCUT2D eigenvalue weighted by atomic mass is 10.0. The van der Waals surface area contributed by atoms with Crippen molar-refractivity contribution in [3.63, 3.8) is 0 Å². The summed E-state index contributed by atoms with van der Waals surface area (Å²) in [6, 6.07) is 9.43. The molecule has 1 aromatic carbocycles. The molecule has 3 heterocycles. The van der Waals surface area contributed by atoms with Gasteiger partial charge in [0.2, 0.25) is 11.8 Å². The molecule has 3 aromatic rings. The number of amides is 2. The molecule has 0 saturated carbocycles. The predicted molar refractivity (Wildman–Crippen MR) is 129 cm³/mol. The molecule has 10 heteroatoms. The summed E-state index contributed by atoms with van der Waals surface area (Å²) in [5, 5.41) is 29.1. The SMILES string of the molecule is Cc1cn([C@H](C(=O)N2CCC[C@H]2C(=O)N[C@@H](CO)c2ccc(-c3cccnn3)cc2)C(C)C)nn1. The number of carbonyl (C=O) groups is 2. The lowest BCUT2D eigenvalue weighted by molar-refractivity contribution is -0.142. The first kappa shape index (κ1) is 24.5. The Labute approximate surface area is 204 Å². The number of aryl methyl sites for hydroxylation is 1. The van der Waals surface area contributed by atoms with Gasteiger partial charge in [0, 0.05) is 24.5 Å². The van der Waals surface area contributed by atoms with Crippen LogP contribution in [0.2, 0.25) is 0 Å². The van der Waals surface area contributed by atoms with Crippen molar-refractivity contribution in [1.29, 1.82) is 0 Å². The van der Waals surface area contributed by atoms with E-state index in [0.717, 1.165) is 28.9 Å². The van der Waals surface area contributed by atoms with Gasteiger partial charge in [-0.25, -0.2) is 4.68 Å². The van der Waals surface area contributed by atoms with Gasteiger partial charge in [0.05, 0.1) is 24.0 Å². The number of hydrogen-bond donors (Lipinski definition) is 2. The van der Waals surface area contributed by atoms with Gasteiger partial charge in [0.25, 0.3) is 0 Å². The van der Waals surface area contributed by atoms with Crippen LogP contribution < -0.4 is 5.32 Å². The number of likely N-dealkylation sites (tertiary alicyclic amines) is 1. The molecule has 2 aromatic heterocycles. The van der Waals surface area contributed by atoms with Crippen LogP contribution in [0.3, 0.4) is 0 Å². The van der Waals surface area contributed by atoms with E-state index in [1.807, 2.05) is 57.2 Å². The molecule has 0 radical (unpaired) electrons. The second kappa shape index (κ2) is 10.7. The van der Waals surface area contributed by atoms with Crippen LogP contribution in [-0.4, -0.2) is 66.2 Å². The number of aromatic nitrogens is 5. The van der Waals surface area contributed by atoms with E-state index in [1.165, 1.54) is 0 Å². The zero-order valence-electron chi connectivity index (χ0n) is 20.2. The van der Waals surface area contributed by atoms with Crippen molar-refractivity contribution < 1.29 is 14.7 Å². The first-order valence-corrected chi connectivity index (χ1v) is 11.9. The summed E-state index contributed by atoms with van der Waals surface area (Å²) in [5.74, 6) is -0.437. The molecule has 1 aliphatic heterocycles. The number of carbonyl (C=O) groups excluding carboxylic acids is 2. The van der Waals surface area contributed by atoms with Crippen LogP contribution in [0.25, 0.3) is 11.3 Å². The Morgan fingerprint density at radius 1 is 1.17 bits per heavy atom. The number of rotatable bonds is 8. The first-order chi connectivity index (χ1) is 16.9. The molecular weight excluding hydrogens is 446 g/mol. The second-order valence-corrected chi connectivity index (χ2v) is 9.19. The first-order valence-electron chi connectivity index (χ1n) is 11.9. The molecule has 1 saturated heterocycles. The van der Waals surface area contributed by atoms with Crippen LogP contribution in [0.15, 0.2) is 48.8 Å². The molecule has 0 aliphatic carbocycles. The van der Waals surface area contributed by atoms with Gasteiger partial charge >= 0.3 is 0 Å². The molecule has 1 aliphatic rings. The molecule has 35 heavy (non-hydrogen) atoms. The topological polar surface area (TPSA) is 126 Å². The van der Waals surface area contributed by atoms with Crippen LogP contribution in [0.4, 0.5) is 0 Å². The second-order valence-electron chi connectivity index (χ2n) is 9.19. The normalized spacial score (nSPS) is 17.4. The third-order valence-electron chi connectivity index (χ3n) is 6.31. The highest BCUT2D eigenvalue weighted by molar-refractivity contribution is 5.90. The summed E-state index contributed by atoms with van der Waals surface area (Å²) >= 11 is 0. The van der Waals surface area contributed by atoms with Gasteiger partial charge < -0.3 is 15.3 Å². The van der Waals surface area contributed by atoms with Crippen molar-refractivity contribution in [3.05, 3.63) is 60.0 Å². The third-order valence-corrected chi connectivity index (χ3v) is 6.31. The van der Waals surface area contributed by atoms with Gasteiger partial charge in [-0.3, -0.25) is 9.59 Å². The smallest absolute Gasteiger partial charge is 0.248 e. The Hall–Kier alpha value is -3.66. The molecule has 0 spiro atoms. The highest BCUT2D eigenvalue weighted by Gasteiger charge is 2.39. The molecule has 10 nitrogen and oxygen atoms in total. The Morgan fingerprint density at radius 2 is 1.94 bits per heavy atom. The van der Waals surface area contributed by atoms with Crippen LogP contribution in [0, 0.1) is 12.8 Å². The van der Waals surface area contributed by atoms with E-state index in [-0.39, 0.29) is 24.3 Å². The lowest BCUT2D eigenvalue weighted by Gasteiger charge is -2.30. The van der Waals surface area contributed by atoms with Crippen LogP contribution in [0.1, 0.15) is 50.0 Å². The van der Waals surface area contributed by atoms with Crippen molar-refractivity contribution >= 4 is 11.8 Å². The maximum Gasteiger partial charge on any atom is 0.248 e. The molecule has 2 N–H and O–H groups in total. The van der Waals surface area contributed by atoms with Crippen LogP contribution in [0.5, 0.6) is 0 Å². The zero-order chi connectivity index (χ0) is 24.9. The molecular formula is C25H31N7O3.